The lowest BCUT2D eigenvalue weighted by atomic mass is 10.1. The number of anilines is 1. The van der Waals surface area contributed by atoms with Crippen molar-refractivity contribution in [2.75, 3.05) is 5.32 Å². The molecule has 0 aliphatic heterocycles. The second-order valence-corrected chi connectivity index (χ2v) is 7.84. The van der Waals surface area contributed by atoms with E-state index in [1.54, 1.807) is 10.6 Å². The van der Waals surface area contributed by atoms with E-state index in [1.165, 1.54) is 22.7 Å². The highest BCUT2D eigenvalue weighted by Gasteiger charge is 2.17. The predicted octanol–water partition coefficient (Wildman–Crippen LogP) is 3.90. The minimum Gasteiger partial charge on any atom is -0.308 e. The number of para-hydroxylation sites is 1. The van der Waals surface area contributed by atoms with Crippen LogP contribution in [-0.4, -0.2) is 20.7 Å². The van der Waals surface area contributed by atoms with Crippen molar-refractivity contribution in [1.29, 1.82) is 0 Å². The number of hydrogen-bond acceptors (Lipinski definition) is 6. The van der Waals surface area contributed by atoms with E-state index in [2.05, 4.69) is 15.5 Å². The monoisotopic (exact) mass is 384 g/mol. The molecule has 1 aromatic carbocycles. The normalized spacial score (nSPS) is 11.3. The van der Waals surface area contributed by atoms with E-state index in [9.17, 15) is 9.59 Å². The summed E-state index contributed by atoms with van der Waals surface area (Å²) >= 11 is 2.69. The number of nitrogens with one attached hydrogen (secondary N) is 1. The van der Waals surface area contributed by atoms with Crippen LogP contribution in [0, 0.1) is 0 Å². The number of amides is 1. The van der Waals surface area contributed by atoms with Gasteiger partial charge < -0.3 is 4.57 Å². The molecule has 0 aliphatic rings. The zero-order valence-corrected chi connectivity index (χ0v) is 15.9. The maximum atomic E-state index is 12.8. The molecule has 0 saturated heterocycles. The fourth-order valence-electron chi connectivity index (χ4n) is 2.94. The van der Waals surface area contributed by atoms with Crippen LogP contribution in [0.5, 0.6) is 0 Å². The van der Waals surface area contributed by atoms with Gasteiger partial charge in [0, 0.05) is 16.6 Å². The van der Waals surface area contributed by atoms with Crippen molar-refractivity contribution in [2.45, 2.75) is 26.8 Å². The second-order valence-electron chi connectivity index (χ2n) is 5.73. The van der Waals surface area contributed by atoms with Crippen LogP contribution in [0.2, 0.25) is 0 Å². The molecule has 0 spiro atoms. The van der Waals surface area contributed by atoms with E-state index in [0.29, 0.717) is 21.9 Å². The number of hydrogen-bond donors (Lipinski definition) is 1. The number of pyridine rings is 1. The zero-order chi connectivity index (χ0) is 18.3. The van der Waals surface area contributed by atoms with Crippen LogP contribution in [0.25, 0.3) is 21.0 Å². The van der Waals surface area contributed by atoms with Crippen LogP contribution in [0.4, 0.5) is 5.13 Å². The quantitative estimate of drug-likeness (QED) is 0.579. The number of thiophene rings is 1. The third-order valence-corrected chi connectivity index (χ3v) is 6.33. The maximum absolute atomic E-state index is 12.8. The first-order valence-corrected chi connectivity index (χ1v) is 9.94. The van der Waals surface area contributed by atoms with Crippen molar-refractivity contribution in [2.24, 2.45) is 0 Å². The Morgan fingerprint density at radius 1 is 1.15 bits per heavy atom. The van der Waals surface area contributed by atoms with E-state index < -0.39 is 0 Å². The molecule has 8 heteroatoms. The number of fused-ring (bicyclic) bond motifs is 3. The Hall–Kier alpha value is -2.58. The summed E-state index contributed by atoms with van der Waals surface area (Å²) in [5, 5.41) is 13.7. The lowest BCUT2D eigenvalue weighted by Gasteiger charge is -2.08. The summed E-state index contributed by atoms with van der Waals surface area (Å²) in [6.07, 6.45) is 0.777. The Bertz CT molecular complexity index is 1190. The summed E-state index contributed by atoms with van der Waals surface area (Å²) < 4.78 is 2.58. The van der Waals surface area contributed by atoms with E-state index in [0.717, 1.165) is 27.0 Å². The Morgan fingerprint density at radius 2 is 1.96 bits per heavy atom. The maximum Gasteiger partial charge on any atom is 0.267 e. The molecular weight excluding hydrogens is 368 g/mol. The molecule has 0 saturated carbocycles. The van der Waals surface area contributed by atoms with E-state index in [-0.39, 0.29) is 11.5 Å². The van der Waals surface area contributed by atoms with Crippen LogP contribution < -0.4 is 10.9 Å². The largest absolute Gasteiger partial charge is 0.308 e. The average Bonchev–Trinajstić information content (AvgIpc) is 3.29. The predicted molar refractivity (Wildman–Crippen MR) is 107 cm³/mol. The average molecular weight is 384 g/mol. The number of nitrogens with zero attached hydrogens (tertiary/aromatic N) is 3. The van der Waals surface area contributed by atoms with Crippen molar-refractivity contribution in [3.63, 3.8) is 0 Å². The number of aromatic nitrogens is 3. The molecule has 26 heavy (non-hydrogen) atoms. The number of rotatable bonds is 4. The molecule has 0 fully saturated rings. The molecule has 3 aromatic heterocycles. The highest BCUT2D eigenvalue weighted by Crippen LogP contribution is 2.31. The van der Waals surface area contributed by atoms with Gasteiger partial charge in [-0.2, -0.15) is 0 Å². The molecule has 4 rings (SSSR count). The van der Waals surface area contributed by atoms with Crippen molar-refractivity contribution in [1.82, 2.24) is 14.8 Å². The molecule has 6 nitrogen and oxygen atoms in total. The zero-order valence-electron chi connectivity index (χ0n) is 14.3. The molecule has 0 unspecified atom stereocenters. The van der Waals surface area contributed by atoms with Crippen LogP contribution in [0.15, 0.2) is 35.1 Å². The topological polar surface area (TPSA) is 76.9 Å². The number of carbonyl (C=O) groups excluding carboxylic acids is 1. The van der Waals surface area contributed by atoms with Gasteiger partial charge in [-0.3, -0.25) is 14.9 Å². The first-order chi connectivity index (χ1) is 12.6. The standard InChI is InChI=1S/C18H16N4O2S2/c1-3-14-20-21-18(26-14)19-16(23)13-9-11-15(25-13)10-7-5-6-8-12(10)22(4-2)17(11)24/h5-9H,3-4H2,1-2H3,(H,19,21,23). The van der Waals surface area contributed by atoms with Gasteiger partial charge in [0.15, 0.2) is 0 Å². The van der Waals surface area contributed by atoms with E-state index >= 15 is 0 Å². The summed E-state index contributed by atoms with van der Waals surface area (Å²) in [5.74, 6) is -0.267. The summed E-state index contributed by atoms with van der Waals surface area (Å²) in [4.78, 5) is 25.9. The molecule has 4 aromatic rings. The van der Waals surface area contributed by atoms with Gasteiger partial charge in [-0.1, -0.05) is 36.5 Å². The van der Waals surface area contributed by atoms with Crippen LogP contribution in [-0.2, 0) is 13.0 Å². The number of carbonyl (C=O) groups is 1. The summed E-state index contributed by atoms with van der Waals surface area (Å²) in [5.41, 5.74) is 0.818. The minimum absolute atomic E-state index is 0.0688. The molecule has 0 bridgehead atoms. The molecule has 132 valence electrons. The third-order valence-electron chi connectivity index (χ3n) is 4.18. The van der Waals surface area contributed by atoms with Gasteiger partial charge in [0.05, 0.1) is 15.8 Å². The highest BCUT2D eigenvalue weighted by atomic mass is 32.1. The van der Waals surface area contributed by atoms with E-state index in [1.807, 2.05) is 38.1 Å². The smallest absolute Gasteiger partial charge is 0.267 e. The van der Waals surface area contributed by atoms with Gasteiger partial charge in [0.2, 0.25) is 5.13 Å². The lowest BCUT2D eigenvalue weighted by Crippen LogP contribution is -2.19. The molecule has 1 amide bonds. The SMILES string of the molecule is CCc1nnc(NC(=O)c2cc3c(=O)n(CC)c4ccccc4c3s2)s1. The minimum atomic E-state index is -0.267. The fraction of sp³-hybridized carbons (Fsp3) is 0.222. The van der Waals surface area contributed by atoms with Crippen molar-refractivity contribution >= 4 is 54.7 Å². The molecule has 0 radical (unpaired) electrons. The molecule has 0 atom stereocenters. The molecular formula is C18H16N4O2S2. The highest BCUT2D eigenvalue weighted by molar-refractivity contribution is 7.22. The van der Waals surface area contributed by atoms with Gasteiger partial charge in [0.25, 0.3) is 11.5 Å². The summed E-state index contributed by atoms with van der Waals surface area (Å²) in [6, 6.07) is 9.46. The van der Waals surface area contributed by atoms with E-state index in [4.69, 9.17) is 0 Å². The number of benzene rings is 1. The summed E-state index contributed by atoms with van der Waals surface area (Å²) in [7, 11) is 0. The first-order valence-electron chi connectivity index (χ1n) is 8.31. The van der Waals surface area contributed by atoms with Gasteiger partial charge in [-0.05, 0) is 25.5 Å². The van der Waals surface area contributed by atoms with Crippen molar-refractivity contribution in [3.05, 3.63) is 50.6 Å². The first kappa shape index (κ1) is 16.9. The Kier molecular flexibility index (Phi) is 4.29. The van der Waals surface area contributed by atoms with Crippen molar-refractivity contribution < 1.29 is 4.79 Å². The van der Waals surface area contributed by atoms with Gasteiger partial charge >= 0.3 is 0 Å². The molecule has 3 heterocycles. The fourth-order valence-corrected chi connectivity index (χ4v) is 4.69. The lowest BCUT2D eigenvalue weighted by molar-refractivity contribution is 0.103. The molecule has 0 aliphatic carbocycles. The Balaban J connectivity index is 1.82. The van der Waals surface area contributed by atoms with Gasteiger partial charge in [-0.15, -0.1) is 21.5 Å². The third kappa shape index (κ3) is 2.71. The van der Waals surface area contributed by atoms with Gasteiger partial charge in [0.1, 0.15) is 5.01 Å². The molecule has 1 N–H and O–H groups in total. The Morgan fingerprint density at radius 3 is 2.69 bits per heavy atom. The Labute approximate surface area is 157 Å². The number of aryl methyl sites for hydroxylation is 2. The van der Waals surface area contributed by atoms with Crippen LogP contribution in [0.3, 0.4) is 0 Å². The van der Waals surface area contributed by atoms with Crippen LogP contribution >= 0.6 is 22.7 Å². The second kappa shape index (κ2) is 6.62. The van der Waals surface area contributed by atoms with Gasteiger partial charge in [-0.25, -0.2) is 0 Å². The summed E-state index contributed by atoms with van der Waals surface area (Å²) in [6.45, 7) is 4.51. The van der Waals surface area contributed by atoms with Crippen molar-refractivity contribution in [3.8, 4) is 0 Å². The van der Waals surface area contributed by atoms with Crippen LogP contribution in [0.1, 0.15) is 28.5 Å².